The Kier molecular flexibility index (Phi) is 10.8. The van der Waals surface area contributed by atoms with Gasteiger partial charge >= 0.3 is 29.6 Å². The summed E-state index contributed by atoms with van der Waals surface area (Å²) in [5.41, 5.74) is 2.34. The Hall–Kier alpha value is -0.350. The van der Waals surface area contributed by atoms with Gasteiger partial charge < -0.3 is 11.1 Å². The summed E-state index contributed by atoms with van der Waals surface area (Å²) >= 11 is 0. The molecule has 0 aromatic heterocycles. The molecule has 0 unspecified atom stereocenters. The minimum absolute atomic E-state index is 0. The summed E-state index contributed by atoms with van der Waals surface area (Å²) in [4.78, 5) is 12.4. The van der Waals surface area contributed by atoms with Crippen LogP contribution in [-0.4, -0.2) is 12.0 Å². The average Bonchev–Trinajstić information content (AvgIpc) is 2.30. The van der Waals surface area contributed by atoms with Crippen molar-refractivity contribution in [3.63, 3.8) is 0 Å². The molecule has 0 radical (unpaired) electrons. The molecule has 1 aromatic carbocycles. The second kappa shape index (κ2) is 9.66. The summed E-state index contributed by atoms with van der Waals surface area (Å²) < 4.78 is 0. The van der Waals surface area contributed by atoms with Crippen molar-refractivity contribution in [1.29, 1.82) is 0 Å². The third-order valence-corrected chi connectivity index (χ3v) is 2.40. The van der Waals surface area contributed by atoms with Gasteiger partial charge in [0, 0.05) is 5.56 Å². The molecule has 0 aliphatic carbocycles. The van der Waals surface area contributed by atoms with Crippen molar-refractivity contribution < 1.29 is 45.9 Å². The quantitative estimate of drug-likeness (QED) is 0.487. The number of rotatable bonds is 3. The van der Waals surface area contributed by atoms with E-state index in [1.807, 2.05) is 12.9 Å². The summed E-state index contributed by atoms with van der Waals surface area (Å²) in [7, 11) is 0. The van der Waals surface area contributed by atoms with Crippen LogP contribution in [0, 0.1) is 0 Å². The van der Waals surface area contributed by atoms with Crippen molar-refractivity contribution in [2.24, 2.45) is 0 Å². The molecule has 0 aliphatic heterocycles. The SMILES string of the molecule is C=O.CC(C)c1cccc(OO)c1C(C)C.[H-].[Na+]. The van der Waals surface area contributed by atoms with Gasteiger partial charge in [-0.3, -0.25) is 0 Å². The van der Waals surface area contributed by atoms with E-state index in [1.54, 1.807) is 6.07 Å². The maximum atomic E-state index is 8.77. The van der Waals surface area contributed by atoms with Gasteiger partial charge in [-0.1, -0.05) is 39.8 Å². The molecule has 3 nitrogen and oxygen atoms in total. The molecule has 0 bridgehead atoms. The van der Waals surface area contributed by atoms with Gasteiger partial charge in [-0.15, -0.1) is 0 Å². The van der Waals surface area contributed by atoms with Crippen LogP contribution in [0.1, 0.15) is 52.1 Å². The Morgan fingerprint density at radius 2 is 1.71 bits per heavy atom. The summed E-state index contributed by atoms with van der Waals surface area (Å²) in [6.07, 6.45) is 0. The first-order chi connectivity index (χ1) is 7.57. The Morgan fingerprint density at radius 3 is 2.06 bits per heavy atom. The second-order valence-corrected chi connectivity index (χ2v) is 4.16. The van der Waals surface area contributed by atoms with Crippen molar-refractivity contribution >= 4 is 6.79 Å². The maximum absolute atomic E-state index is 8.77. The van der Waals surface area contributed by atoms with E-state index in [9.17, 15) is 0 Å². The predicted molar refractivity (Wildman–Crippen MR) is 66.1 cm³/mol. The minimum Gasteiger partial charge on any atom is -1.00 e. The van der Waals surface area contributed by atoms with Gasteiger partial charge in [-0.05, 0) is 23.5 Å². The smallest absolute Gasteiger partial charge is 1.00 e. The third-order valence-electron chi connectivity index (χ3n) is 2.40. The zero-order chi connectivity index (χ0) is 12.7. The molecule has 1 aromatic rings. The van der Waals surface area contributed by atoms with E-state index < -0.39 is 0 Å². The number of carbonyl (C=O) groups excluding carboxylic acids is 1. The molecule has 1 rings (SSSR count). The number of carbonyl (C=O) groups is 1. The molecule has 92 valence electrons. The van der Waals surface area contributed by atoms with E-state index in [0.717, 1.165) is 5.56 Å². The van der Waals surface area contributed by atoms with Crippen molar-refractivity contribution in [2.75, 3.05) is 0 Å². The normalized spacial score (nSPS) is 9.35. The first kappa shape index (κ1) is 19.0. The molecule has 0 saturated heterocycles. The molecule has 17 heavy (non-hydrogen) atoms. The monoisotopic (exact) mass is 248 g/mol. The fraction of sp³-hybridized carbons (Fsp3) is 0.462. The molecular formula is C13H21NaO3. The first-order valence-electron chi connectivity index (χ1n) is 5.31. The number of benzene rings is 1. The van der Waals surface area contributed by atoms with Crippen LogP contribution in [0.15, 0.2) is 18.2 Å². The molecule has 0 saturated carbocycles. The van der Waals surface area contributed by atoms with Crippen LogP contribution in [0.4, 0.5) is 0 Å². The minimum atomic E-state index is 0. The van der Waals surface area contributed by atoms with E-state index in [2.05, 4.69) is 38.6 Å². The first-order valence-corrected chi connectivity index (χ1v) is 5.31. The van der Waals surface area contributed by atoms with Crippen molar-refractivity contribution in [2.45, 2.75) is 39.5 Å². The van der Waals surface area contributed by atoms with E-state index in [4.69, 9.17) is 10.1 Å². The van der Waals surface area contributed by atoms with E-state index in [0.29, 0.717) is 17.6 Å². The molecule has 0 fully saturated rings. The van der Waals surface area contributed by atoms with Crippen LogP contribution in [0.25, 0.3) is 0 Å². The fourth-order valence-electron chi connectivity index (χ4n) is 1.76. The van der Waals surface area contributed by atoms with Crippen LogP contribution in [0.5, 0.6) is 5.75 Å². The summed E-state index contributed by atoms with van der Waals surface area (Å²) in [5.74, 6) is 1.38. The Labute approximate surface area is 127 Å². The van der Waals surface area contributed by atoms with E-state index in [-0.39, 0.29) is 31.0 Å². The van der Waals surface area contributed by atoms with Crippen LogP contribution in [0.3, 0.4) is 0 Å². The molecule has 4 heteroatoms. The summed E-state index contributed by atoms with van der Waals surface area (Å²) in [6, 6.07) is 5.79. The van der Waals surface area contributed by atoms with Gasteiger partial charge in [0.2, 0.25) is 0 Å². The summed E-state index contributed by atoms with van der Waals surface area (Å²) in [5, 5.41) is 8.77. The van der Waals surface area contributed by atoms with Crippen LogP contribution < -0.4 is 34.4 Å². The maximum Gasteiger partial charge on any atom is 1.00 e. The second-order valence-electron chi connectivity index (χ2n) is 4.16. The van der Waals surface area contributed by atoms with Gasteiger partial charge in [-0.25, -0.2) is 5.26 Å². The van der Waals surface area contributed by atoms with Crippen molar-refractivity contribution in [3.8, 4) is 5.75 Å². The van der Waals surface area contributed by atoms with Crippen LogP contribution in [0.2, 0.25) is 0 Å². The number of hydrogen-bond acceptors (Lipinski definition) is 3. The molecular weight excluding hydrogens is 227 g/mol. The van der Waals surface area contributed by atoms with Gasteiger partial charge in [0.25, 0.3) is 0 Å². The molecule has 0 spiro atoms. The summed E-state index contributed by atoms with van der Waals surface area (Å²) in [6.45, 7) is 10.5. The van der Waals surface area contributed by atoms with Gasteiger partial charge in [-0.2, -0.15) is 0 Å². The van der Waals surface area contributed by atoms with Crippen molar-refractivity contribution in [3.05, 3.63) is 29.3 Å². The topological polar surface area (TPSA) is 46.5 Å². The fourth-order valence-corrected chi connectivity index (χ4v) is 1.76. The van der Waals surface area contributed by atoms with Gasteiger partial charge in [0.05, 0.1) is 0 Å². The Bertz CT molecular complexity index is 330. The van der Waals surface area contributed by atoms with Gasteiger partial charge in [0.1, 0.15) is 6.79 Å². The molecule has 0 heterocycles. The van der Waals surface area contributed by atoms with Crippen LogP contribution in [-0.2, 0) is 4.79 Å². The third kappa shape index (κ3) is 5.21. The standard InChI is InChI=1S/C12H18O2.CH2O.Na.H/c1-8(2)10-6-5-7-11(14-13)12(10)9(3)4;1-2;;/h5-9,13H,1-4H3;1H2;;/q;;+1;-1. The largest absolute Gasteiger partial charge is 1.00 e. The molecule has 1 N–H and O–H groups in total. The molecule has 0 amide bonds. The number of hydrogen-bond donors (Lipinski definition) is 1. The van der Waals surface area contributed by atoms with Crippen LogP contribution >= 0.6 is 0 Å². The van der Waals surface area contributed by atoms with E-state index in [1.165, 1.54) is 5.56 Å². The Balaban J connectivity index is -0.000000534. The zero-order valence-corrected chi connectivity index (χ0v) is 13.4. The van der Waals surface area contributed by atoms with Gasteiger partial charge in [0.15, 0.2) is 5.75 Å². The zero-order valence-electron chi connectivity index (χ0n) is 12.4. The Morgan fingerprint density at radius 1 is 1.18 bits per heavy atom. The van der Waals surface area contributed by atoms with E-state index >= 15 is 0 Å². The molecule has 0 atom stereocenters. The molecule has 0 aliphatic rings. The predicted octanol–water partition coefficient (Wildman–Crippen LogP) is 0.717. The van der Waals surface area contributed by atoms with Crippen molar-refractivity contribution in [1.82, 2.24) is 0 Å². The average molecular weight is 248 g/mol.